The van der Waals surface area contributed by atoms with Crippen molar-refractivity contribution < 1.29 is 9.90 Å². The molecular weight excluding hydrogens is 336 g/mol. The maximum absolute atomic E-state index is 12.5. The van der Waals surface area contributed by atoms with Gasteiger partial charge in [-0.25, -0.2) is 0 Å². The zero-order chi connectivity index (χ0) is 17.6. The summed E-state index contributed by atoms with van der Waals surface area (Å²) in [6.45, 7) is 0.0341. The summed E-state index contributed by atoms with van der Waals surface area (Å²) in [5, 5.41) is 12.6. The topological polar surface area (TPSA) is 62.2 Å². The molecule has 3 rings (SSSR count). The number of amides is 1. The molecule has 0 radical (unpaired) electrons. The number of aliphatic hydroxyl groups is 1. The van der Waals surface area contributed by atoms with Crippen LogP contribution in [-0.2, 0) is 6.42 Å². The Morgan fingerprint density at radius 2 is 1.80 bits per heavy atom. The van der Waals surface area contributed by atoms with Gasteiger partial charge in [0, 0.05) is 29.6 Å². The van der Waals surface area contributed by atoms with Crippen LogP contribution in [-0.4, -0.2) is 22.6 Å². The van der Waals surface area contributed by atoms with Gasteiger partial charge in [-0.2, -0.15) is 0 Å². The van der Waals surface area contributed by atoms with Crippen LogP contribution in [0.3, 0.4) is 0 Å². The second-order valence-corrected chi connectivity index (χ2v) is 5.90. The summed E-state index contributed by atoms with van der Waals surface area (Å²) in [4.78, 5) is 16.7. The highest BCUT2D eigenvalue weighted by atomic mass is 35.5. The van der Waals surface area contributed by atoms with Crippen molar-refractivity contribution >= 4 is 23.2 Å². The SMILES string of the molecule is O=C(Nc1ccccc1CCO)c1ccc(-c2ncccc2Cl)cc1. The fourth-order valence-corrected chi connectivity index (χ4v) is 2.78. The van der Waals surface area contributed by atoms with E-state index in [2.05, 4.69) is 10.3 Å². The molecule has 3 aromatic rings. The largest absolute Gasteiger partial charge is 0.396 e. The molecule has 0 spiro atoms. The zero-order valence-electron chi connectivity index (χ0n) is 13.4. The molecule has 0 saturated heterocycles. The van der Waals surface area contributed by atoms with Crippen molar-refractivity contribution in [3.63, 3.8) is 0 Å². The molecule has 2 aromatic carbocycles. The zero-order valence-corrected chi connectivity index (χ0v) is 14.2. The summed E-state index contributed by atoms with van der Waals surface area (Å²) in [5.74, 6) is -0.205. The molecule has 0 aliphatic carbocycles. The summed E-state index contributed by atoms with van der Waals surface area (Å²) in [6.07, 6.45) is 2.17. The minimum Gasteiger partial charge on any atom is -0.396 e. The number of aromatic nitrogens is 1. The Kier molecular flexibility index (Phi) is 5.43. The third-order valence-electron chi connectivity index (χ3n) is 3.83. The number of benzene rings is 2. The maximum Gasteiger partial charge on any atom is 0.255 e. The predicted octanol–water partition coefficient (Wildman–Crippen LogP) is 4.19. The van der Waals surface area contributed by atoms with Crippen LogP contribution in [0.1, 0.15) is 15.9 Å². The fraction of sp³-hybridized carbons (Fsp3) is 0.100. The number of halogens is 1. The predicted molar refractivity (Wildman–Crippen MR) is 99.9 cm³/mol. The van der Waals surface area contributed by atoms with Crippen LogP contribution in [0.5, 0.6) is 0 Å². The second kappa shape index (κ2) is 7.92. The number of carbonyl (C=O) groups excluding carboxylic acids is 1. The minimum absolute atomic E-state index is 0.0341. The lowest BCUT2D eigenvalue weighted by Crippen LogP contribution is -2.13. The van der Waals surface area contributed by atoms with Gasteiger partial charge < -0.3 is 10.4 Å². The first-order chi connectivity index (χ1) is 12.2. The average molecular weight is 353 g/mol. The molecule has 0 unspecified atom stereocenters. The van der Waals surface area contributed by atoms with E-state index in [0.29, 0.717) is 28.4 Å². The van der Waals surface area contributed by atoms with E-state index in [0.717, 1.165) is 11.1 Å². The summed E-state index contributed by atoms with van der Waals surface area (Å²) in [7, 11) is 0. The standard InChI is InChI=1S/C20H17ClN2O2/c21-17-5-3-12-22-19(17)15-7-9-16(10-8-15)20(25)23-18-6-2-1-4-14(18)11-13-24/h1-10,12,24H,11,13H2,(H,23,25). The van der Waals surface area contributed by atoms with Gasteiger partial charge in [0.25, 0.3) is 5.91 Å². The lowest BCUT2D eigenvalue weighted by Gasteiger charge is -2.10. The summed E-state index contributed by atoms with van der Waals surface area (Å²) >= 11 is 6.15. The lowest BCUT2D eigenvalue weighted by molar-refractivity contribution is 0.102. The molecule has 0 atom stereocenters. The molecule has 0 aliphatic rings. The highest BCUT2D eigenvalue weighted by molar-refractivity contribution is 6.33. The molecule has 0 fully saturated rings. The smallest absolute Gasteiger partial charge is 0.255 e. The monoisotopic (exact) mass is 352 g/mol. The first-order valence-electron chi connectivity index (χ1n) is 7.90. The van der Waals surface area contributed by atoms with E-state index >= 15 is 0 Å². The Hall–Kier alpha value is -2.69. The molecule has 4 nitrogen and oxygen atoms in total. The van der Waals surface area contributed by atoms with Crippen molar-refractivity contribution in [2.24, 2.45) is 0 Å². The first kappa shape index (κ1) is 17.1. The van der Waals surface area contributed by atoms with Crippen molar-refractivity contribution in [2.75, 3.05) is 11.9 Å². The van der Waals surface area contributed by atoms with E-state index in [9.17, 15) is 4.79 Å². The van der Waals surface area contributed by atoms with E-state index in [1.807, 2.05) is 36.4 Å². The van der Waals surface area contributed by atoms with Crippen LogP contribution < -0.4 is 5.32 Å². The second-order valence-electron chi connectivity index (χ2n) is 5.50. The summed E-state index contributed by atoms with van der Waals surface area (Å²) < 4.78 is 0. The molecule has 1 heterocycles. The lowest BCUT2D eigenvalue weighted by atomic mass is 10.1. The highest BCUT2D eigenvalue weighted by Crippen LogP contribution is 2.25. The van der Waals surface area contributed by atoms with Crippen molar-refractivity contribution in [3.8, 4) is 11.3 Å². The highest BCUT2D eigenvalue weighted by Gasteiger charge is 2.10. The Labute approximate surface area is 151 Å². The quantitative estimate of drug-likeness (QED) is 0.723. The van der Waals surface area contributed by atoms with Crippen LogP contribution in [0.25, 0.3) is 11.3 Å². The third kappa shape index (κ3) is 4.05. The average Bonchev–Trinajstić information content (AvgIpc) is 2.64. The molecule has 25 heavy (non-hydrogen) atoms. The molecule has 1 aromatic heterocycles. The van der Waals surface area contributed by atoms with Crippen molar-refractivity contribution in [1.82, 2.24) is 4.98 Å². The number of nitrogens with one attached hydrogen (secondary N) is 1. The number of nitrogens with zero attached hydrogens (tertiary/aromatic N) is 1. The van der Waals surface area contributed by atoms with Gasteiger partial charge in [0.15, 0.2) is 0 Å². The van der Waals surface area contributed by atoms with Crippen LogP contribution in [0.15, 0.2) is 66.9 Å². The van der Waals surface area contributed by atoms with Gasteiger partial charge in [0.2, 0.25) is 0 Å². The molecule has 0 bridgehead atoms. The number of carbonyl (C=O) groups is 1. The molecule has 0 aliphatic heterocycles. The first-order valence-corrected chi connectivity index (χ1v) is 8.28. The van der Waals surface area contributed by atoms with E-state index in [4.69, 9.17) is 16.7 Å². The molecule has 126 valence electrons. The minimum atomic E-state index is -0.205. The van der Waals surface area contributed by atoms with E-state index in [1.165, 1.54) is 0 Å². The molecule has 1 amide bonds. The molecule has 2 N–H and O–H groups in total. The molecular formula is C20H17ClN2O2. The molecule has 0 saturated carbocycles. The van der Waals surface area contributed by atoms with Gasteiger partial charge in [0.05, 0.1) is 10.7 Å². The van der Waals surface area contributed by atoms with Gasteiger partial charge in [-0.05, 0) is 42.3 Å². The van der Waals surface area contributed by atoms with E-state index in [-0.39, 0.29) is 12.5 Å². The van der Waals surface area contributed by atoms with Gasteiger partial charge in [-0.15, -0.1) is 0 Å². The number of hydrogen-bond acceptors (Lipinski definition) is 3. The Morgan fingerprint density at radius 3 is 2.52 bits per heavy atom. The number of hydrogen-bond donors (Lipinski definition) is 2. The number of aliphatic hydroxyl groups excluding tert-OH is 1. The van der Waals surface area contributed by atoms with Gasteiger partial charge in [0.1, 0.15) is 0 Å². The van der Waals surface area contributed by atoms with Crippen LogP contribution in [0.2, 0.25) is 5.02 Å². The number of rotatable bonds is 5. The Morgan fingerprint density at radius 1 is 1.04 bits per heavy atom. The maximum atomic E-state index is 12.5. The van der Waals surface area contributed by atoms with E-state index < -0.39 is 0 Å². The van der Waals surface area contributed by atoms with E-state index in [1.54, 1.807) is 30.5 Å². The summed E-state index contributed by atoms with van der Waals surface area (Å²) in [5.41, 5.74) is 3.68. The Balaban J connectivity index is 1.79. The number of pyridine rings is 1. The Bertz CT molecular complexity index is 879. The van der Waals surface area contributed by atoms with Crippen molar-refractivity contribution in [2.45, 2.75) is 6.42 Å². The van der Waals surface area contributed by atoms with Crippen molar-refractivity contribution in [3.05, 3.63) is 83.0 Å². The van der Waals surface area contributed by atoms with Gasteiger partial charge >= 0.3 is 0 Å². The normalized spacial score (nSPS) is 10.5. The van der Waals surface area contributed by atoms with Crippen LogP contribution >= 0.6 is 11.6 Å². The summed E-state index contributed by atoms with van der Waals surface area (Å²) in [6, 6.07) is 18.1. The number of para-hydroxylation sites is 1. The van der Waals surface area contributed by atoms with Crippen LogP contribution in [0, 0.1) is 0 Å². The van der Waals surface area contributed by atoms with Crippen LogP contribution in [0.4, 0.5) is 5.69 Å². The number of anilines is 1. The van der Waals surface area contributed by atoms with Gasteiger partial charge in [-0.1, -0.05) is 41.9 Å². The van der Waals surface area contributed by atoms with Crippen molar-refractivity contribution in [1.29, 1.82) is 0 Å². The van der Waals surface area contributed by atoms with Gasteiger partial charge in [-0.3, -0.25) is 9.78 Å². The third-order valence-corrected chi connectivity index (χ3v) is 4.13. The fourth-order valence-electron chi connectivity index (χ4n) is 2.55. The molecule has 5 heteroatoms.